The van der Waals surface area contributed by atoms with Crippen LogP contribution in [-0.4, -0.2) is 34.5 Å². The standard InChI is InChI=1S/C31H25NO6/c1-2-16-38-31(37)23-8-5-9-24(18-23)32-27(20-12-14-25(33)15-13-20)26(29(35)30(32)36)28(34)22-11-10-19-6-3-4-7-21(19)17-22/h3-15,17-18,27,33-34H,2,16H2,1H3/b28-26-. The molecule has 1 heterocycles. The van der Waals surface area contributed by atoms with Crippen molar-refractivity contribution < 1.29 is 29.3 Å². The zero-order valence-corrected chi connectivity index (χ0v) is 20.6. The van der Waals surface area contributed by atoms with Gasteiger partial charge in [-0.1, -0.05) is 61.5 Å². The molecule has 7 nitrogen and oxygen atoms in total. The molecule has 190 valence electrons. The van der Waals surface area contributed by atoms with E-state index < -0.39 is 23.7 Å². The Kier molecular flexibility index (Phi) is 6.66. The Balaban J connectivity index is 1.66. The molecule has 1 saturated heterocycles. The molecule has 1 aliphatic heterocycles. The van der Waals surface area contributed by atoms with Gasteiger partial charge in [-0.05, 0) is 59.2 Å². The molecule has 0 radical (unpaired) electrons. The van der Waals surface area contributed by atoms with Crippen LogP contribution in [0.4, 0.5) is 5.69 Å². The quantitative estimate of drug-likeness (QED) is 0.149. The van der Waals surface area contributed by atoms with Crippen molar-refractivity contribution in [1.29, 1.82) is 0 Å². The monoisotopic (exact) mass is 507 g/mol. The van der Waals surface area contributed by atoms with Gasteiger partial charge < -0.3 is 14.9 Å². The van der Waals surface area contributed by atoms with E-state index in [1.54, 1.807) is 42.5 Å². The summed E-state index contributed by atoms with van der Waals surface area (Å²) >= 11 is 0. The highest BCUT2D eigenvalue weighted by atomic mass is 16.5. The van der Waals surface area contributed by atoms with Gasteiger partial charge in [-0.25, -0.2) is 4.79 Å². The van der Waals surface area contributed by atoms with Crippen molar-refractivity contribution in [2.75, 3.05) is 11.5 Å². The van der Waals surface area contributed by atoms with Gasteiger partial charge in [-0.15, -0.1) is 0 Å². The number of carbonyl (C=O) groups is 3. The van der Waals surface area contributed by atoms with Gasteiger partial charge in [0.25, 0.3) is 11.7 Å². The molecule has 1 amide bonds. The summed E-state index contributed by atoms with van der Waals surface area (Å²) in [5, 5.41) is 23.1. The number of fused-ring (bicyclic) bond motifs is 1. The number of aliphatic hydroxyl groups excluding tert-OH is 1. The van der Waals surface area contributed by atoms with Gasteiger partial charge in [0.2, 0.25) is 0 Å². The van der Waals surface area contributed by atoms with Crippen molar-refractivity contribution in [1.82, 2.24) is 0 Å². The van der Waals surface area contributed by atoms with Crippen LogP contribution in [-0.2, 0) is 14.3 Å². The molecule has 38 heavy (non-hydrogen) atoms. The van der Waals surface area contributed by atoms with Gasteiger partial charge in [0.05, 0.1) is 23.8 Å². The number of anilines is 1. The van der Waals surface area contributed by atoms with Gasteiger partial charge in [0.1, 0.15) is 11.5 Å². The normalized spacial score (nSPS) is 16.7. The molecule has 1 fully saturated rings. The van der Waals surface area contributed by atoms with Gasteiger partial charge in [0.15, 0.2) is 0 Å². The summed E-state index contributed by atoms with van der Waals surface area (Å²) in [6.45, 7) is 2.14. The number of aromatic hydroxyl groups is 1. The molecule has 1 unspecified atom stereocenters. The van der Waals surface area contributed by atoms with Crippen LogP contribution in [0, 0.1) is 0 Å². The van der Waals surface area contributed by atoms with Crippen LogP contribution in [0.5, 0.6) is 5.75 Å². The predicted molar refractivity (Wildman–Crippen MR) is 144 cm³/mol. The minimum Gasteiger partial charge on any atom is -0.508 e. The molecule has 7 heteroatoms. The Morgan fingerprint density at radius 1 is 0.868 bits per heavy atom. The number of carbonyl (C=O) groups excluding carboxylic acids is 3. The Bertz CT molecular complexity index is 1590. The van der Waals surface area contributed by atoms with Gasteiger partial charge in [-0.3, -0.25) is 14.5 Å². The number of phenols is 1. The first-order valence-electron chi connectivity index (χ1n) is 12.3. The minimum absolute atomic E-state index is 0.0147. The molecule has 0 saturated carbocycles. The number of nitrogens with zero attached hydrogens (tertiary/aromatic N) is 1. The van der Waals surface area contributed by atoms with E-state index in [-0.39, 0.29) is 29.3 Å². The fourth-order valence-corrected chi connectivity index (χ4v) is 4.62. The summed E-state index contributed by atoms with van der Waals surface area (Å²) in [5.74, 6) is -2.53. The molecule has 0 aromatic heterocycles. The zero-order valence-electron chi connectivity index (χ0n) is 20.6. The molecule has 1 atom stereocenters. The lowest BCUT2D eigenvalue weighted by molar-refractivity contribution is -0.132. The van der Waals surface area contributed by atoms with Crippen LogP contribution in [0.3, 0.4) is 0 Å². The molecule has 4 aromatic carbocycles. The predicted octanol–water partition coefficient (Wildman–Crippen LogP) is 5.74. The molecule has 0 aliphatic carbocycles. The van der Waals surface area contributed by atoms with E-state index in [0.717, 1.165) is 10.8 Å². The van der Waals surface area contributed by atoms with E-state index in [1.807, 2.05) is 37.3 Å². The third-order valence-electron chi connectivity index (χ3n) is 6.47. The van der Waals surface area contributed by atoms with Crippen LogP contribution in [0.15, 0.2) is 96.6 Å². The van der Waals surface area contributed by atoms with E-state index in [1.165, 1.54) is 23.1 Å². The molecule has 0 spiro atoms. The summed E-state index contributed by atoms with van der Waals surface area (Å²) < 4.78 is 5.23. The lowest BCUT2D eigenvalue weighted by atomic mass is 9.94. The smallest absolute Gasteiger partial charge is 0.338 e. The lowest BCUT2D eigenvalue weighted by Crippen LogP contribution is -2.29. The molecular weight excluding hydrogens is 482 g/mol. The lowest BCUT2D eigenvalue weighted by Gasteiger charge is -2.26. The third-order valence-corrected chi connectivity index (χ3v) is 6.47. The highest BCUT2D eigenvalue weighted by molar-refractivity contribution is 6.51. The maximum absolute atomic E-state index is 13.4. The fraction of sp³-hybridized carbons (Fsp3) is 0.129. The number of hydrogen-bond donors (Lipinski definition) is 2. The highest BCUT2D eigenvalue weighted by Gasteiger charge is 2.47. The Morgan fingerprint density at radius 3 is 2.34 bits per heavy atom. The van der Waals surface area contributed by atoms with Crippen molar-refractivity contribution >= 4 is 39.9 Å². The second-order valence-corrected chi connectivity index (χ2v) is 9.01. The summed E-state index contributed by atoms with van der Waals surface area (Å²) in [6, 6.07) is 24.3. The van der Waals surface area contributed by atoms with Crippen LogP contribution in [0.25, 0.3) is 16.5 Å². The number of benzene rings is 4. The van der Waals surface area contributed by atoms with Crippen molar-refractivity contribution in [2.24, 2.45) is 0 Å². The Hall–Kier alpha value is -4.91. The van der Waals surface area contributed by atoms with E-state index >= 15 is 0 Å². The summed E-state index contributed by atoms with van der Waals surface area (Å²) in [4.78, 5) is 40.6. The average molecular weight is 508 g/mol. The molecule has 5 rings (SSSR count). The van der Waals surface area contributed by atoms with Crippen LogP contribution in [0.2, 0.25) is 0 Å². The maximum Gasteiger partial charge on any atom is 0.338 e. The second kappa shape index (κ2) is 10.2. The summed E-state index contributed by atoms with van der Waals surface area (Å²) in [6.07, 6.45) is 0.662. The van der Waals surface area contributed by atoms with Crippen molar-refractivity contribution in [3.63, 3.8) is 0 Å². The molecule has 0 bridgehead atoms. The maximum atomic E-state index is 13.4. The number of aliphatic hydroxyl groups is 1. The van der Waals surface area contributed by atoms with Gasteiger partial charge in [-0.2, -0.15) is 0 Å². The van der Waals surface area contributed by atoms with E-state index in [0.29, 0.717) is 23.2 Å². The minimum atomic E-state index is -0.996. The number of rotatable bonds is 6. The largest absolute Gasteiger partial charge is 0.508 e. The van der Waals surface area contributed by atoms with Crippen molar-refractivity contribution in [2.45, 2.75) is 19.4 Å². The first-order chi connectivity index (χ1) is 18.4. The topological polar surface area (TPSA) is 104 Å². The summed E-state index contributed by atoms with van der Waals surface area (Å²) in [5.41, 5.74) is 1.34. The van der Waals surface area contributed by atoms with Crippen molar-refractivity contribution in [3.05, 3.63) is 113 Å². The van der Waals surface area contributed by atoms with Gasteiger partial charge >= 0.3 is 5.97 Å². The zero-order chi connectivity index (χ0) is 26.8. The number of phenolic OH excluding ortho intramolecular Hbond substituents is 1. The van der Waals surface area contributed by atoms with E-state index in [2.05, 4.69) is 0 Å². The highest BCUT2D eigenvalue weighted by Crippen LogP contribution is 2.42. The third kappa shape index (κ3) is 4.50. The molecule has 4 aromatic rings. The van der Waals surface area contributed by atoms with Crippen LogP contribution >= 0.6 is 0 Å². The van der Waals surface area contributed by atoms with E-state index in [9.17, 15) is 24.6 Å². The molecular formula is C31H25NO6. The number of esters is 1. The molecule has 2 N–H and O–H groups in total. The fourth-order valence-electron chi connectivity index (χ4n) is 4.62. The first-order valence-corrected chi connectivity index (χ1v) is 12.3. The number of amides is 1. The SMILES string of the molecule is CCCOC(=O)c1cccc(N2C(=O)C(=O)/C(=C(\O)c3ccc4ccccc4c3)C2c2ccc(O)cc2)c1. The van der Waals surface area contributed by atoms with E-state index in [4.69, 9.17) is 4.74 Å². The molecule has 1 aliphatic rings. The summed E-state index contributed by atoms with van der Waals surface area (Å²) in [7, 11) is 0. The number of ether oxygens (including phenoxy) is 1. The van der Waals surface area contributed by atoms with Gasteiger partial charge in [0, 0.05) is 11.3 Å². The van der Waals surface area contributed by atoms with Crippen LogP contribution < -0.4 is 4.90 Å². The number of ketones is 1. The second-order valence-electron chi connectivity index (χ2n) is 9.01. The van der Waals surface area contributed by atoms with Crippen LogP contribution in [0.1, 0.15) is 40.9 Å². The van der Waals surface area contributed by atoms with Crippen molar-refractivity contribution in [3.8, 4) is 5.75 Å². The number of hydrogen-bond acceptors (Lipinski definition) is 6. The number of Topliss-reactive ketones (excluding diaryl/α,β-unsaturated/α-hetero) is 1. The Labute approximate surface area is 219 Å². The average Bonchev–Trinajstić information content (AvgIpc) is 3.21. The Morgan fingerprint density at radius 2 is 1.61 bits per heavy atom. The first kappa shape index (κ1) is 24.8.